The third-order valence-corrected chi connectivity index (χ3v) is 4.17. The van der Waals surface area contributed by atoms with Crippen molar-refractivity contribution >= 4 is 0 Å². The molecule has 0 radical (unpaired) electrons. The maximum absolute atomic E-state index is 5.20. The number of nitrogens with one attached hydrogen (secondary N) is 1. The van der Waals surface area contributed by atoms with Crippen LogP contribution in [0.5, 0.6) is 5.75 Å². The summed E-state index contributed by atoms with van der Waals surface area (Å²) in [6, 6.07) is 9.95. The van der Waals surface area contributed by atoms with Crippen molar-refractivity contribution in [1.82, 2.24) is 10.2 Å². The molecule has 1 N–H and O–H groups in total. The van der Waals surface area contributed by atoms with Crippen LogP contribution in [0.1, 0.15) is 24.8 Å². The summed E-state index contributed by atoms with van der Waals surface area (Å²) in [4.78, 5) is 2.58. The molecule has 18 heavy (non-hydrogen) atoms. The van der Waals surface area contributed by atoms with Crippen molar-refractivity contribution in [3.8, 4) is 5.75 Å². The Balaban J connectivity index is 1.61. The number of nitrogens with zero attached hydrogens (tertiary/aromatic N) is 1. The highest BCUT2D eigenvalue weighted by Crippen LogP contribution is 2.22. The number of ether oxygens (including phenoxy) is 1. The van der Waals surface area contributed by atoms with Crippen LogP contribution in [-0.2, 0) is 6.54 Å². The quantitative estimate of drug-likeness (QED) is 0.883. The lowest BCUT2D eigenvalue weighted by atomic mass is 10.1. The lowest BCUT2D eigenvalue weighted by Crippen LogP contribution is -2.34. The normalized spacial score (nSPS) is 28.1. The van der Waals surface area contributed by atoms with Crippen LogP contribution in [-0.4, -0.2) is 37.2 Å². The van der Waals surface area contributed by atoms with Crippen LogP contribution in [0.2, 0.25) is 0 Å². The van der Waals surface area contributed by atoms with Crippen LogP contribution in [0.15, 0.2) is 24.3 Å². The number of methoxy groups -OCH3 is 1. The monoisotopic (exact) mass is 246 g/mol. The standard InChI is InChI=1S/C15H22N2O/c1-18-15-6-2-12(3-7-15)10-17-9-8-13-4-5-14(11-17)16-13/h2-3,6-7,13-14,16H,4-5,8-11H2,1H3. The van der Waals surface area contributed by atoms with Gasteiger partial charge in [-0.05, 0) is 37.0 Å². The summed E-state index contributed by atoms with van der Waals surface area (Å²) >= 11 is 0. The van der Waals surface area contributed by atoms with Gasteiger partial charge in [-0.25, -0.2) is 0 Å². The Bertz CT molecular complexity index is 390. The van der Waals surface area contributed by atoms with Gasteiger partial charge in [0.15, 0.2) is 0 Å². The van der Waals surface area contributed by atoms with E-state index in [0.29, 0.717) is 0 Å². The van der Waals surface area contributed by atoms with Crippen molar-refractivity contribution in [2.75, 3.05) is 20.2 Å². The molecule has 2 aliphatic heterocycles. The predicted molar refractivity (Wildman–Crippen MR) is 72.8 cm³/mol. The minimum atomic E-state index is 0.718. The number of benzene rings is 1. The highest BCUT2D eigenvalue weighted by atomic mass is 16.5. The average molecular weight is 246 g/mol. The average Bonchev–Trinajstić information content (AvgIpc) is 2.74. The molecule has 2 fully saturated rings. The molecule has 2 heterocycles. The van der Waals surface area contributed by atoms with Gasteiger partial charge in [0.25, 0.3) is 0 Å². The van der Waals surface area contributed by atoms with Crippen LogP contribution in [0.4, 0.5) is 0 Å². The van der Waals surface area contributed by atoms with Crippen molar-refractivity contribution in [2.24, 2.45) is 0 Å². The molecule has 2 aliphatic rings. The summed E-state index contributed by atoms with van der Waals surface area (Å²) in [7, 11) is 1.71. The fourth-order valence-corrected chi connectivity index (χ4v) is 3.15. The number of rotatable bonds is 3. The summed E-state index contributed by atoms with van der Waals surface area (Å²) in [5.41, 5.74) is 1.38. The fourth-order valence-electron chi connectivity index (χ4n) is 3.15. The largest absolute Gasteiger partial charge is 0.497 e. The van der Waals surface area contributed by atoms with Crippen molar-refractivity contribution in [3.05, 3.63) is 29.8 Å². The predicted octanol–water partition coefficient (Wildman–Crippen LogP) is 2.02. The Kier molecular flexibility index (Phi) is 3.52. The molecule has 1 aromatic carbocycles. The number of likely N-dealkylation sites (tertiary alicyclic amines) is 1. The van der Waals surface area contributed by atoms with Gasteiger partial charge in [0.05, 0.1) is 7.11 Å². The summed E-state index contributed by atoms with van der Waals surface area (Å²) in [5.74, 6) is 0.940. The Morgan fingerprint density at radius 3 is 2.72 bits per heavy atom. The van der Waals surface area contributed by atoms with Gasteiger partial charge in [0, 0.05) is 31.7 Å². The molecule has 0 amide bonds. The van der Waals surface area contributed by atoms with E-state index in [4.69, 9.17) is 4.74 Å². The molecule has 3 nitrogen and oxygen atoms in total. The molecule has 3 rings (SSSR count). The number of hydrogen-bond donors (Lipinski definition) is 1. The Hall–Kier alpha value is -1.06. The maximum Gasteiger partial charge on any atom is 0.118 e. The Morgan fingerprint density at radius 2 is 1.94 bits per heavy atom. The highest BCUT2D eigenvalue weighted by Gasteiger charge is 2.28. The molecule has 2 atom stereocenters. The van der Waals surface area contributed by atoms with Gasteiger partial charge in [-0.3, -0.25) is 4.90 Å². The van der Waals surface area contributed by atoms with E-state index in [1.165, 1.54) is 37.9 Å². The van der Waals surface area contributed by atoms with E-state index in [-0.39, 0.29) is 0 Å². The molecule has 98 valence electrons. The zero-order valence-electron chi connectivity index (χ0n) is 11.1. The minimum Gasteiger partial charge on any atom is -0.497 e. The first-order valence-electron chi connectivity index (χ1n) is 6.95. The number of hydrogen-bond acceptors (Lipinski definition) is 3. The Morgan fingerprint density at radius 1 is 1.17 bits per heavy atom. The molecular formula is C15H22N2O. The van der Waals surface area contributed by atoms with Gasteiger partial charge in [-0.15, -0.1) is 0 Å². The van der Waals surface area contributed by atoms with Gasteiger partial charge >= 0.3 is 0 Å². The second-order valence-electron chi connectivity index (χ2n) is 5.51. The molecule has 1 aromatic rings. The molecule has 2 unspecified atom stereocenters. The number of fused-ring (bicyclic) bond motifs is 2. The molecule has 2 saturated heterocycles. The van der Waals surface area contributed by atoms with E-state index in [2.05, 4.69) is 34.5 Å². The van der Waals surface area contributed by atoms with Crippen molar-refractivity contribution in [2.45, 2.75) is 37.9 Å². The zero-order chi connectivity index (χ0) is 12.4. The molecule has 0 aliphatic carbocycles. The van der Waals surface area contributed by atoms with Crippen LogP contribution in [0, 0.1) is 0 Å². The lowest BCUT2D eigenvalue weighted by Gasteiger charge is -2.24. The smallest absolute Gasteiger partial charge is 0.118 e. The topological polar surface area (TPSA) is 24.5 Å². The molecule has 0 saturated carbocycles. The van der Waals surface area contributed by atoms with E-state index in [9.17, 15) is 0 Å². The second-order valence-corrected chi connectivity index (χ2v) is 5.51. The first-order valence-corrected chi connectivity index (χ1v) is 6.95. The first kappa shape index (κ1) is 12.0. The molecule has 3 heteroatoms. The van der Waals surface area contributed by atoms with Gasteiger partial charge in [0.2, 0.25) is 0 Å². The van der Waals surface area contributed by atoms with Crippen LogP contribution in [0.3, 0.4) is 0 Å². The van der Waals surface area contributed by atoms with E-state index >= 15 is 0 Å². The van der Waals surface area contributed by atoms with Crippen molar-refractivity contribution < 1.29 is 4.74 Å². The van der Waals surface area contributed by atoms with Gasteiger partial charge in [-0.1, -0.05) is 12.1 Å². The van der Waals surface area contributed by atoms with E-state index in [0.717, 1.165) is 24.4 Å². The molecule has 0 spiro atoms. The van der Waals surface area contributed by atoms with Gasteiger partial charge in [0.1, 0.15) is 5.75 Å². The minimum absolute atomic E-state index is 0.718. The summed E-state index contributed by atoms with van der Waals surface area (Å²) in [6.45, 7) is 3.48. The SMILES string of the molecule is COc1ccc(CN2CCC3CCC(C2)N3)cc1. The van der Waals surface area contributed by atoms with Crippen LogP contribution < -0.4 is 10.1 Å². The van der Waals surface area contributed by atoms with E-state index < -0.39 is 0 Å². The molecule has 2 bridgehead atoms. The summed E-state index contributed by atoms with van der Waals surface area (Å²) in [6.07, 6.45) is 4.03. The Labute approximate surface area is 109 Å². The van der Waals surface area contributed by atoms with Crippen molar-refractivity contribution in [1.29, 1.82) is 0 Å². The summed E-state index contributed by atoms with van der Waals surface area (Å²) < 4.78 is 5.20. The van der Waals surface area contributed by atoms with Gasteiger partial charge < -0.3 is 10.1 Å². The third kappa shape index (κ3) is 2.68. The summed E-state index contributed by atoms with van der Waals surface area (Å²) in [5, 5.41) is 3.73. The second kappa shape index (κ2) is 5.29. The lowest BCUT2D eigenvalue weighted by molar-refractivity contribution is 0.251. The van der Waals surface area contributed by atoms with E-state index in [1.807, 2.05) is 0 Å². The van der Waals surface area contributed by atoms with Crippen molar-refractivity contribution in [3.63, 3.8) is 0 Å². The molecular weight excluding hydrogens is 224 g/mol. The highest BCUT2D eigenvalue weighted by molar-refractivity contribution is 5.27. The van der Waals surface area contributed by atoms with Gasteiger partial charge in [-0.2, -0.15) is 0 Å². The van der Waals surface area contributed by atoms with Crippen LogP contribution >= 0.6 is 0 Å². The zero-order valence-corrected chi connectivity index (χ0v) is 11.1. The third-order valence-electron chi connectivity index (χ3n) is 4.17. The first-order chi connectivity index (χ1) is 8.83. The van der Waals surface area contributed by atoms with E-state index in [1.54, 1.807) is 7.11 Å². The maximum atomic E-state index is 5.20. The van der Waals surface area contributed by atoms with Crippen LogP contribution in [0.25, 0.3) is 0 Å². The molecule has 0 aromatic heterocycles. The fraction of sp³-hybridized carbons (Fsp3) is 0.600.